The molecular weight excluding hydrogens is 468 g/mol. The van der Waals surface area contributed by atoms with Crippen molar-refractivity contribution in [2.24, 2.45) is 0 Å². The van der Waals surface area contributed by atoms with Gasteiger partial charge in [-0.3, -0.25) is 0 Å². The largest absolute Gasteiger partial charge is 0.228 e. The van der Waals surface area contributed by atoms with Gasteiger partial charge in [-0.1, -0.05) is 97.1 Å². The van der Waals surface area contributed by atoms with Crippen LogP contribution in [0.4, 0.5) is 0 Å². The monoisotopic (exact) mass is 488 g/mol. The van der Waals surface area contributed by atoms with Gasteiger partial charge in [0, 0.05) is 36.7 Å². The highest BCUT2D eigenvalue weighted by Crippen LogP contribution is 2.40. The molecule has 0 aliphatic heterocycles. The molecule has 2 heterocycles. The fraction of sp³-hybridized carbons (Fsp3) is 0. The Bertz CT molecular complexity index is 2140. The number of benzene rings is 6. The number of hydrogen-bond donors (Lipinski definition) is 0. The molecule has 0 radical (unpaired) electrons. The fourth-order valence-corrected chi connectivity index (χ4v) is 6.64. The standard InChI is InChI=1S/C34H20N2S/c1-2-9-23(10-3-1)33-32-25-11-5-4-8-21(25)16-18-28(32)35-34(36-33)24-15-14-22-17-19-30-31(27(22)20-24)26-12-6-7-13-29(26)37-30/h1-20H. The molecule has 0 N–H and O–H groups in total. The topological polar surface area (TPSA) is 25.8 Å². The van der Waals surface area contributed by atoms with Crippen LogP contribution in [0.2, 0.25) is 0 Å². The molecule has 0 saturated carbocycles. The number of thiophene rings is 1. The molecule has 0 spiro atoms. The average molecular weight is 489 g/mol. The van der Waals surface area contributed by atoms with Crippen LogP contribution in [0.25, 0.3) is 75.3 Å². The summed E-state index contributed by atoms with van der Waals surface area (Å²) in [4.78, 5) is 10.3. The maximum Gasteiger partial charge on any atom is 0.160 e. The predicted molar refractivity (Wildman–Crippen MR) is 158 cm³/mol. The molecule has 0 aliphatic carbocycles. The van der Waals surface area contributed by atoms with E-state index in [2.05, 4.69) is 115 Å². The summed E-state index contributed by atoms with van der Waals surface area (Å²) in [5.74, 6) is 0.750. The van der Waals surface area contributed by atoms with Crippen molar-refractivity contribution in [2.75, 3.05) is 0 Å². The number of hydrogen-bond acceptors (Lipinski definition) is 3. The maximum atomic E-state index is 5.22. The smallest absolute Gasteiger partial charge is 0.160 e. The van der Waals surface area contributed by atoms with Gasteiger partial charge in [-0.15, -0.1) is 11.3 Å². The van der Waals surface area contributed by atoms with Gasteiger partial charge in [0.2, 0.25) is 0 Å². The van der Waals surface area contributed by atoms with E-state index in [1.807, 2.05) is 17.4 Å². The molecule has 2 nitrogen and oxygen atoms in total. The molecule has 3 heteroatoms. The first-order valence-corrected chi connectivity index (χ1v) is 13.2. The molecule has 8 aromatic rings. The lowest BCUT2D eigenvalue weighted by Crippen LogP contribution is -1.96. The third-order valence-electron chi connectivity index (χ3n) is 7.25. The third-order valence-corrected chi connectivity index (χ3v) is 8.39. The maximum absolute atomic E-state index is 5.22. The van der Waals surface area contributed by atoms with Gasteiger partial charge in [0.25, 0.3) is 0 Å². The Morgan fingerprint density at radius 2 is 1.19 bits per heavy atom. The summed E-state index contributed by atoms with van der Waals surface area (Å²) in [5.41, 5.74) is 4.06. The van der Waals surface area contributed by atoms with Crippen molar-refractivity contribution in [1.82, 2.24) is 9.97 Å². The van der Waals surface area contributed by atoms with Crippen LogP contribution < -0.4 is 0 Å². The van der Waals surface area contributed by atoms with E-state index in [4.69, 9.17) is 9.97 Å². The summed E-state index contributed by atoms with van der Waals surface area (Å²) in [6, 6.07) is 43.0. The highest BCUT2D eigenvalue weighted by atomic mass is 32.1. The van der Waals surface area contributed by atoms with E-state index in [9.17, 15) is 0 Å². The zero-order valence-corrected chi connectivity index (χ0v) is 20.7. The predicted octanol–water partition coefficient (Wildman–Crippen LogP) is 9.64. The molecule has 37 heavy (non-hydrogen) atoms. The van der Waals surface area contributed by atoms with Crippen molar-refractivity contribution < 1.29 is 0 Å². The lowest BCUT2D eigenvalue weighted by atomic mass is 9.99. The second kappa shape index (κ2) is 7.95. The molecule has 0 aliphatic rings. The normalized spacial score (nSPS) is 11.8. The Labute approximate surface area is 217 Å². The Kier molecular flexibility index (Phi) is 4.42. The minimum atomic E-state index is 0.750. The van der Waals surface area contributed by atoms with E-state index in [0.29, 0.717) is 0 Å². The van der Waals surface area contributed by atoms with Crippen LogP contribution in [-0.4, -0.2) is 9.97 Å². The summed E-state index contributed by atoms with van der Waals surface area (Å²) >= 11 is 1.85. The SMILES string of the molecule is c1ccc(-c2nc(-c3ccc4ccc5sc6ccccc6c5c4c3)nc3ccc4ccccc4c23)cc1. The van der Waals surface area contributed by atoms with Gasteiger partial charge >= 0.3 is 0 Å². The number of aromatic nitrogens is 2. The Balaban J connectivity index is 1.45. The molecule has 0 saturated heterocycles. The second-order valence-corrected chi connectivity index (χ2v) is 10.5. The lowest BCUT2D eigenvalue weighted by Gasteiger charge is -2.12. The Hall–Kier alpha value is -4.60. The van der Waals surface area contributed by atoms with Crippen molar-refractivity contribution in [3.05, 3.63) is 121 Å². The Morgan fingerprint density at radius 1 is 0.459 bits per heavy atom. The Morgan fingerprint density at radius 3 is 2.11 bits per heavy atom. The fourth-order valence-electron chi connectivity index (χ4n) is 5.52. The number of fused-ring (bicyclic) bond motifs is 8. The summed E-state index contributed by atoms with van der Waals surface area (Å²) in [6.45, 7) is 0. The van der Waals surface area contributed by atoms with Crippen molar-refractivity contribution in [2.45, 2.75) is 0 Å². The van der Waals surface area contributed by atoms with Gasteiger partial charge in [-0.2, -0.15) is 0 Å². The first-order chi connectivity index (χ1) is 18.3. The lowest BCUT2D eigenvalue weighted by molar-refractivity contribution is 1.23. The van der Waals surface area contributed by atoms with Crippen molar-refractivity contribution in [3.63, 3.8) is 0 Å². The summed E-state index contributed by atoms with van der Waals surface area (Å²) < 4.78 is 2.62. The van der Waals surface area contributed by atoms with E-state index in [0.717, 1.165) is 33.5 Å². The molecule has 2 aromatic heterocycles. The molecule has 0 fully saturated rings. The zero-order valence-electron chi connectivity index (χ0n) is 19.8. The van der Waals surface area contributed by atoms with Crippen LogP contribution in [0, 0.1) is 0 Å². The van der Waals surface area contributed by atoms with Gasteiger partial charge in [-0.05, 0) is 45.8 Å². The molecule has 0 amide bonds. The van der Waals surface area contributed by atoms with Crippen LogP contribution in [0.1, 0.15) is 0 Å². The minimum Gasteiger partial charge on any atom is -0.228 e. The summed E-state index contributed by atoms with van der Waals surface area (Å²) in [5, 5.41) is 8.57. The van der Waals surface area contributed by atoms with Crippen LogP contribution >= 0.6 is 11.3 Å². The molecule has 0 atom stereocenters. The van der Waals surface area contributed by atoms with E-state index in [1.54, 1.807) is 0 Å². The zero-order chi connectivity index (χ0) is 24.3. The van der Waals surface area contributed by atoms with E-state index < -0.39 is 0 Å². The van der Waals surface area contributed by atoms with E-state index >= 15 is 0 Å². The highest BCUT2D eigenvalue weighted by Gasteiger charge is 2.15. The molecule has 6 aromatic carbocycles. The molecule has 0 unspecified atom stereocenters. The average Bonchev–Trinajstić information content (AvgIpc) is 3.36. The second-order valence-electron chi connectivity index (χ2n) is 9.42. The summed E-state index contributed by atoms with van der Waals surface area (Å²) in [6.07, 6.45) is 0. The van der Waals surface area contributed by atoms with Gasteiger partial charge in [0.05, 0.1) is 11.2 Å². The van der Waals surface area contributed by atoms with Crippen molar-refractivity contribution >= 4 is 64.0 Å². The molecule has 0 bridgehead atoms. The van der Waals surface area contributed by atoms with Gasteiger partial charge in [0.1, 0.15) is 0 Å². The van der Waals surface area contributed by atoms with E-state index in [1.165, 1.54) is 41.7 Å². The van der Waals surface area contributed by atoms with Gasteiger partial charge < -0.3 is 0 Å². The van der Waals surface area contributed by atoms with Crippen LogP contribution in [-0.2, 0) is 0 Å². The highest BCUT2D eigenvalue weighted by molar-refractivity contribution is 7.26. The van der Waals surface area contributed by atoms with Crippen molar-refractivity contribution in [3.8, 4) is 22.6 Å². The first kappa shape index (κ1) is 20.6. The molecular formula is C34H20N2S. The number of rotatable bonds is 2. The minimum absolute atomic E-state index is 0.750. The van der Waals surface area contributed by atoms with Gasteiger partial charge in [0.15, 0.2) is 5.82 Å². The quantitative estimate of drug-likeness (QED) is 0.226. The van der Waals surface area contributed by atoms with Crippen LogP contribution in [0.5, 0.6) is 0 Å². The molecule has 8 rings (SSSR count). The molecule has 172 valence electrons. The number of nitrogens with zero attached hydrogens (tertiary/aromatic N) is 2. The third kappa shape index (κ3) is 3.18. The van der Waals surface area contributed by atoms with E-state index in [-0.39, 0.29) is 0 Å². The first-order valence-electron chi connectivity index (χ1n) is 12.4. The van der Waals surface area contributed by atoms with Crippen molar-refractivity contribution in [1.29, 1.82) is 0 Å². The summed E-state index contributed by atoms with van der Waals surface area (Å²) in [7, 11) is 0. The van der Waals surface area contributed by atoms with Crippen LogP contribution in [0.15, 0.2) is 121 Å². The van der Waals surface area contributed by atoms with Crippen LogP contribution in [0.3, 0.4) is 0 Å². The van der Waals surface area contributed by atoms with Gasteiger partial charge in [-0.25, -0.2) is 9.97 Å².